The van der Waals surface area contributed by atoms with Crippen molar-refractivity contribution in [3.05, 3.63) is 62.7 Å². The van der Waals surface area contributed by atoms with Crippen molar-refractivity contribution in [3.63, 3.8) is 0 Å². The van der Waals surface area contributed by atoms with Gasteiger partial charge in [-0.05, 0) is 32.9 Å². The fourth-order valence-electron chi connectivity index (χ4n) is 2.70. The monoisotopic (exact) mass is 422 g/mol. The molecule has 0 spiro atoms. The third-order valence-corrected chi connectivity index (χ3v) is 5.17. The van der Waals surface area contributed by atoms with E-state index in [-0.39, 0.29) is 18.2 Å². The number of benzene rings is 1. The van der Waals surface area contributed by atoms with Gasteiger partial charge in [0.1, 0.15) is 18.1 Å². The number of halogens is 2. The van der Waals surface area contributed by atoms with E-state index in [0.29, 0.717) is 40.2 Å². The maximum Gasteiger partial charge on any atom is 0.273 e. The zero-order valence-corrected chi connectivity index (χ0v) is 17.3. The molecule has 1 aromatic carbocycles. The summed E-state index contributed by atoms with van der Waals surface area (Å²) in [5, 5.41) is 12.2. The molecule has 2 heterocycles. The van der Waals surface area contributed by atoms with Gasteiger partial charge < -0.3 is 14.6 Å². The molecule has 9 heteroatoms. The van der Waals surface area contributed by atoms with Gasteiger partial charge in [0.05, 0.1) is 33.5 Å². The summed E-state index contributed by atoms with van der Waals surface area (Å²) in [4.78, 5) is 12.5. The van der Waals surface area contributed by atoms with E-state index in [1.54, 1.807) is 23.7 Å². The Labute approximate surface area is 172 Å². The third kappa shape index (κ3) is 4.31. The Balaban J connectivity index is 1.62. The Morgan fingerprint density at radius 1 is 1.25 bits per heavy atom. The summed E-state index contributed by atoms with van der Waals surface area (Å²) in [7, 11) is 0. The van der Waals surface area contributed by atoms with Crippen molar-refractivity contribution in [3.8, 4) is 5.75 Å². The normalized spacial score (nSPS) is 10.9. The number of rotatable bonds is 7. The number of hydrogen-bond donors (Lipinski definition) is 1. The number of carbonyl (C=O) groups excluding carboxylic acids is 1. The maximum atomic E-state index is 12.5. The second-order valence-corrected chi connectivity index (χ2v) is 7.03. The Morgan fingerprint density at radius 2 is 2.00 bits per heavy atom. The average molecular weight is 423 g/mol. The molecule has 0 bridgehead atoms. The largest absolute Gasteiger partial charge is 0.487 e. The topological polar surface area (TPSA) is 82.2 Å². The summed E-state index contributed by atoms with van der Waals surface area (Å²) in [6, 6.07) is 7.12. The number of carbonyl (C=O) groups is 1. The summed E-state index contributed by atoms with van der Waals surface area (Å²) < 4.78 is 12.7. The summed E-state index contributed by atoms with van der Waals surface area (Å²) in [5.74, 6) is 0.697. The van der Waals surface area contributed by atoms with Gasteiger partial charge in [-0.3, -0.25) is 9.48 Å². The fourth-order valence-corrected chi connectivity index (χ4v) is 3.03. The molecule has 148 valence electrons. The Hall–Kier alpha value is -2.51. The molecular formula is C19H20Cl2N4O3. The molecular weight excluding hydrogens is 403 g/mol. The molecule has 0 unspecified atom stereocenters. The van der Waals surface area contributed by atoms with Gasteiger partial charge in [-0.25, -0.2) is 0 Å². The van der Waals surface area contributed by atoms with Crippen LogP contribution in [0.1, 0.15) is 33.2 Å². The summed E-state index contributed by atoms with van der Waals surface area (Å²) >= 11 is 12.2. The lowest BCUT2D eigenvalue weighted by Crippen LogP contribution is -2.29. The van der Waals surface area contributed by atoms with Crippen LogP contribution in [0.25, 0.3) is 0 Å². The molecule has 0 saturated heterocycles. The van der Waals surface area contributed by atoms with Gasteiger partial charge in [0.15, 0.2) is 5.69 Å². The summed E-state index contributed by atoms with van der Waals surface area (Å²) in [6.45, 7) is 6.44. The second kappa shape index (κ2) is 8.67. The number of hydrogen-bond acceptors (Lipinski definition) is 5. The van der Waals surface area contributed by atoms with Crippen LogP contribution >= 0.6 is 23.2 Å². The van der Waals surface area contributed by atoms with E-state index in [9.17, 15) is 4.79 Å². The first-order chi connectivity index (χ1) is 13.4. The maximum absolute atomic E-state index is 12.5. The number of aryl methyl sites for hydroxylation is 2. The molecule has 2 aromatic heterocycles. The van der Waals surface area contributed by atoms with Gasteiger partial charge in [0.25, 0.3) is 5.91 Å². The van der Waals surface area contributed by atoms with Crippen LogP contribution in [0.4, 0.5) is 0 Å². The molecule has 3 rings (SSSR count). The van der Waals surface area contributed by atoms with Gasteiger partial charge in [0, 0.05) is 6.54 Å². The van der Waals surface area contributed by atoms with E-state index in [0.717, 1.165) is 11.4 Å². The first-order valence-corrected chi connectivity index (χ1v) is 9.44. The second-order valence-electron chi connectivity index (χ2n) is 6.25. The Morgan fingerprint density at radius 3 is 2.68 bits per heavy atom. The fraction of sp³-hybridized carbons (Fsp3) is 0.316. The molecule has 1 amide bonds. The lowest BCUT2D eigenvalue weighted by Gasteiger charge is -2.09. The standard InChI is InChI=1S/C19H20Cl2N4O3/c1-11-17(21)12(2)25(23-11)9-8-22-19(26)18-14(13(3)28-24-18)10-27-16-7-5-4-6-15(16)20/h4-7H,8-10H2,1-3H3,(H,22,26). The summed E-state index contributed by atoms with van der Waals surface area (Å²) in [5.41, 5.74) is 2.39. The Bertz CT molecular complexity index is 997. The molecule has 0 aliphatic heterocycles. The zero-order chi connectivity index (χ0) is 20.3. The molecule has 0 radical (unpaired) electrons. The van der Waals surface area contributed by atoms with Crippen molar-refractivity contribution >= 4 is 29.1 Å². The highest BCUT2D eigenvalue weighted by atomic mass is 35.5. The van der Waals surface area contributed by atoms with Crippen molar-refractivity contribution in [2.24, 2.45) is 0 Å². The van der Waals surface area contributed by atoms with Gasteiger partial charge >= 0.3 is 0 Å². The van der Waals surface area contributed by atoms with Crippen LogP contribution in [0.2, 0.25) is 10.0 Å². The Kier molecular flexibility index (Phi) is 6.26. The summed E-state index contributed by atoms with van der Waals surface area (Å²) in [6.07, 6.45) is 0. The van der Waals surface area contributed by atoms with E-state index >= 15 is 0 Å². The van der Waals surface area contributed by atoms with Crippen molar-refractivity contribution in [1.29, 1.82) is 0 Å². The van der Waals surface area contributed by atoms with Gasteiger partial charge in [-0.1, -0.05) is 40.5 Å². The number of aromatic nitrogens is 3. The number of nitrogens with zero attached hydrogens (tertiary/aromatic N) is 3. The minimum Gasteiger partial charge on any atom is -0.487 e. The zero-order valence-electron chi connectivity index (χ0n) is 15.8. The van der Waals surface area contributed by atoms with Crippen LogP contribution < -0.4 is 10.1 Å². The first kappa shape index (κ1) is 20.2. The third-order valence-electron chi connectivity index (χ3n) is 4.31. The smallest absolute Gasteiger partial charge is 0.273 e. The molecule has 0 aliphatic rings. The van der Waals surface area contributed by atoms with Crippen LogP contribution in [0.5, 0.6) is 5.75 Å². The SMILES string of the molecule is Cc1nn(CCNC(=O)c2noc(C)c2COc2ccccc2Cl)c(C)c1Cl. The van der Waals surface area contributed by atoms with Crippen LogP contribution in [0.3, 0.4) is 0 Å². The van der Waals surface area contributed by atoms with E-state index in [1.165, 1.54) is 0 Å². The predicted octanol–water partition coefficient (Wildman–Crippen LogP) is 4.11. The highest BCUT2D eigenvalue weighted by Crippen LogP contribution is 2.25. The molecule has 28 heavy (non-hydrogen) atoms. The lowest BCUT2D eigenvalue weighted by molar-refractivity contribution is 0.0940. The van der Waals surface area contributed by atoms with Gasteiger partial charge in [-0.2, -0.15) is 5.10 Å². The van der Waals surface area contributed by atoms with Crippen LogP contribution in [0, 0.1) is 20.8 Å². The number of ether oxygens (including phenoxy) is 1. The van der Waals surface area contributed by atoms with Crippen molar-refractivity contribution < 1.29 is 14.1 Å². The van der Waals surface area contributed by atoms with Crippen molar-refractivity contribution in [2.45, 2.75) is 33.9 Å². The minimum atomic E-state index is -0.345. The predicted molar refractivity (Wildman–Crippen MR) is 106 cm³/mol. The van der Waals surface area contributed by atoms with Gasteiger partial charge in [-0.15, -0.1) is 0 Å². The molecule has 1 N–H and O–H groups in total. The molecule has 0 aliphatic carbocycles. The highest BCUT2D eigenvalue weighted by Gasteiger charge is 2.20. The highest BCUT2D eigenvalue weighted by molar-refractivity contribution is 6.32. The van der Waals surface area contributed by atoms with E-state index < -0.39 is 0 Å². The average Bonchev–Trinajstić information content (AvgIpc) is 3.16. The molecule has 0 atom stereocenters. The minimum absolute atomic E-state index is 0.120. The van der Waals surface area contributed by atoms with E-state index in [4.69, 9.17) is 32.5 Å². The quantitative estimate of drug-likeness (QED) is 0.619. The van der Waals surface area contributed by atoms with Crippen molar-refractivity contribution in [1.82, 2.24) is 20.3 Å². The van der Waals surface area contributed by atoms with E-state index in [1.807, 2.05) is 26.0 Å². The van der Waals surface area contributed by atoms with Crippen LogP contribution in [-0.2, 0) is 13.2 Å². The lowest BCUT2D eigenvalue weighted by atomic mass is 10.2. The molecule has 7 nitrogen and oxygen atoms in total. The van der Waals surface area contributed by atoms with E-state index in [2.05, 4.69) is 15.6 Å². The molecule has 3 aromatic rings. The number of nitrogens with one attached hydrogen (secondary N) is 1. The molecule has 0 saturated carbocycles. The van der Waals surface area contributed by atoms with Crippen molar-refractivity contribution in [2.75, 3.05) is 6.54 Å². The van der Waals surface area contributed by atoms with Crippen LogP contribution in [-0.4, -0.2) is 27.4 Å². The molecule has 0 fully saturated rings. The first-order valence-electron chi connectivity index (χ1n) is 8.68. The van der Waals surface area contributed by atoms with Crippen LogP contribution in [0.15, 0.2) is 28.8 Å². The van der Waals surface area contributed by atoms with Gasteiger partial charge in [0.2, 0.25) is 0 Å². The number of para-hydroxylation sites is 1. The number of amides is 1.